The molecule has 1 heterocycles. The number of hydrogen-bond acceptors (Lipinski definition) is 2. The highest BCUT2D eigenvalue weighted by atomic mass is 19.1. The standard InChI is InChI=1S/C14H18FNO2/c1-10(17)16-8-6-12(7-9-16)14(18)11-2-4-13(15)5-3-11/h2-5,12,14,18H,6-9H2,1H3/t14-/m1/s1. The van der Waals surface area contributed by atoms with Gasteiger partial charge in [-0.2, -0.15) is 0 Å². The van der Waals surface area contributed by atoms with E-state index >= 15 is 0 Å². The van der Waals surface area contributed by atoms with Crippen LogP contribution in [0.15, 0.2) is 24.3 Å². The number of rotatable bonds is 2. The van der Waals surface area contributed by atoms with Crippen molar-refractivity contribution in [2.24, 2.45) is 5.92 Å². The Morgan fingerprint density at radius 2 is 1.89 bits per heavy atom. The number of aliphatic hydroxyl groups excluding tert-OH is 1. The van der Waals surface area contributed by atoms with Crippen LogP contribution in [0, 0.1) is 11.7 Å². The summed E-state index contributed by atoms with van der Waals surface area (Å²) in [5.74, 6) is -0.0619. The zero-order chi connectivity index (χ0) is 13.1. The maximum atomic E-state index is 12.8. The molecule has 1 fully saturated rings. The van der Waals surface area contributed by atoms with Crippen LogP contribution in [-0.4, -0.2) is 29.0 Å². The van der Waals surface area contributed by atoms with Gasteiger partial charge >= 0.3 is 0 Å². The molecule has 0 unspecified atom stereocenters. The molecule has 1 saturated heterocycles. The summed E-state index contributed by atoms with van der Waals surface area (Å²) in [6, 6.07) is 5.97. The minimum Gasteiger partial charge on any atom is -0.388 e. The second-order valence-corrected chi connectivity index (χ2v) is 4.84. The molecule has 0 aromatic heterocycles. The maximum absolute atomic E-state index is 12.8. The molecular formula is C14H18FNO2. The molecule has 1 N–H and O–H groups in total. The molecule has 1 aliphatic rings. The Balaban J connectivity index is 1.97. The van der Waals surface area contributed by atoms with Crippen molar-refractivity contribution in [3.05, 3.63) is 35.6 Å². The quantitative estimate of drug-likeness (QED) is 0.874. The SMILES string of the molecule is CC(=O)N1CCC([C@H](O)c2ccc(F)cc2)CC1. The van der Waals surface area contributed by atoms with E-state index in [1.807, 2.05) is 0 Å². The summed E-state index contributed by atoms with van der Waals surface area (Å²) in [5.41, 5.74) is 0.748. The van der Waals surface area contributed by atoms with Crippen molar-refractivity contribution in [1.29, 1.82) is 0 Å². The van der Waals surface area contributed by atoms with Gasteiger partial charge in [0.2, 0.25) is 5.91 Å². The molecule has 0 bridgehead atoms. The summed E-state index contributed by atoms with van der Waals surface area (Å²) in [6.45, 7) is 2.95. The van der Waals surface area contributed by atoms with Crippen molar-refractivity contribution in [2.75, 3.05) is 13.1 Å². The predicted octanol–water partition coefficient (Wildman–Crippen LogP) is 2.12. The van der Waals surface area contributed by atoms with Gasteiger partial charge < -0.3 is 10.0 Å². The van der Waals surface area contributed by atoms with Crippen molar-refractivity contribution in [1.82, 2.24) is 4.90 Å². The Bertz CT molecular complexity index is 410. The molecule has 3 nitrogen and oxygen atoms in total. The Morgan fingerprint density at radius 1 is 1.33 bits per heavy atom. The average molecular weight is 251 g/mol. The lowest BCUT2D eigenvalue weighted by Crippen LogP contribution is -2.38. The molecule has 1 atom stereocenters. The number of halogens is 1. The first kappa shape index (κ1) is 13.0. The summed E-state index contributed by atoms with van der Waals surface area (Å²) in [7, 11) is 0. The fraction of sp³-hybridized carbons (Fsp3) is 0.500. The van der Waals surface area contributed by atoms with Gasteiger partial charge in [0.1, 0.15) is 5.82 Å². The van der Waals surface area contributed by atoms with Gasteiger partial charge in [-0.25, -0.2) is 4.39 Å². The number of carbonyl (C=O) groups excluding carboxylic acids is 1. The Morgan fingerprint density at radius 3 is 2.39 bits per heavy atom. The smallest absolute Gasteiger partial charge is 0.219 e. The molecular weight excluding hydrogens is 233 g/mol. The summed E-state index contributed by atoms with van der Waals surface area (Å²) in [4.78, 5) is 13.0. The molecule has 18 heavy (non-hydrogen) atoms. The summed E-state index contributed by atoms with van der Waals surface area (Å²) < 4.78 is 12.8. The van der Waals surface area contributed by atoms with E-state index in [1.54, 1.807) is 24.0 Å². The van der Waals surface area contributed by atoms with E-state index in [4.69, 9.17) is 0 Å². The molecule has 1 amide bonds. The topological polar surface area (TPSA) is 40.5 Å². The van der Waals surface area contributed by atoms with Crippen LogP contribution in [0.3, 0.4) is 0 Å². The number of piperidine rings is 1. The average Bonchev–Trinajstić information content (AvgIpc) is 2.39. The van der Waals surface area contributed by atoms with Crippen LogP contribution >= 0.6 is 0 Å². The number of hydrogen-bond donors (Lipinski definition) is 1. The number of aliphatic hydroxyl groups is 1. The molecule has 1 aromatic carbocycles. The van der Waals surface area contributed by atoms with Gasteiger partial charge in [0.15, 0.2) is 0 Å². The van der Waals surface area contributed by atoms with Gasteiger partial charge in [0.05, 0.1) is 6.10 Å². The Hall–Kier alpha value is -1.42. The number of benzene rings is 1. The second kappa shape index (κ2) is 5.48. The lowest BCUT2D eigenvalue weighted by molar-refractivity contribution is -0.130. The van der Waals surface area contributed by atoms with E-state index in [0.717, 1.165) is 18.4 Å². The highest BCUT2D eigenvalue weighted by molar-refractivity contribution is 5.73. The molecule has 2 rings (SSSR count). The number of amides is 1. The molecule has 0 radical (unpaired) electrons. The van der Waals surface area contributed by atoms with Gasteiger partial charge in [0.25, 0.3) is 0 Å². The van der Waals surface area contributed by atoms with Crippen molar-refractivity contribution < 1.29 is 14.3 Å². The number of carbonyl (C=O) groups is 1. The molecule has 98 valence electrons. The van der Waals surface area contributed by atoms with Crippen LogP contribution < -0.4 is 0 Å². The maximum Gasteiger partial charge on any atom is 0.219 e. The summed E-state index contributed by atoms with van der Waals surface area (Å²) >= 11 is 0. The fourth-order valence-electron chi connectivity index (χ4n) is 2.46. The third-order valence-corrected chi connectivity index (χ3v) is 3.64. The minimum absolute atomic E-state index is 0.0877. The zero-order valence-electron chi connectivity index (χ0n) is 10.5. The third-order valence-electron chi connectivity index (χ3n) is 3.64. The van der Waals surface area contributed by atoms with Crippen molar-refractivity contribution >= 4 is 5.91 Å². The lowest BCUT2D eigenvalue weighted by atomic mass is 9.87. The van der Waals surface area contributed by atoms with Crippen LogP contribution in [0.2, 0.25) is 0 Å². The van der Waals surface area contributed by atoms with Crippen LogP contribution in [0.25, 0.3) is 0 Å². The first-order valence-corrected chi connectivity index (χ1v) is 6.27. The van der Waals surface area contributed by atoms with Crippen LogP contribution in [0.4, 0.5) is 4.39 Å². The van der Waals surface area contributed by atoms with Gasteiger partial charge in [-0.3, -0.25) is 4.79 Å². The predicted molar refractivity (Wildman–Crippen MR) is 66.3 cm³/mol. The summed E-state index contributed by atoms with van der Waals surface area (Å²) in [6.07, 6.45) is 1.01. The van der Waals surface area contributed by atoms with E-state index < -0.39 is 6.10 Å². The second-order valence-electron chi connectivity index (χ2n) is 4.84. The highest BCUT2D eigenvalue weighted by Gasteiger charge is 2.26. The first-order chi connectivity index (χ1) is 8.58. The minimum atomic E-state index is -0.570. The van der Waals surface area contributed by atoms with Gasteiger partial charge in [-0.15, -0.1) is 0 Å². The first-order valence-electron chi connectivity index (χ1n) is 6.27. The van der Waals surface area contributed by atoms with Crippen LogP contribution in [-0.2, 0) is 4.79 Å². The van der Waals surface area contributed by atoms with Gasteiger partial charge in [-0.05, 0) is 36.5 Å². The molecule has 4 heteroatoms. The lowest BCUT2D eigenvalue weighted by Gasteiger charge is -2.33. The highest BCUT2D eigenvalue weighted by Crippen LogP contribution is 2.30. The van der Waals surface area contributed by atoms with E-state index in [-0.39, 0.29) is 17.6 Å². The van der Waals surface area contributed by atoms with Gasteiger partial charge in [-0.1, -0.05) is 12.1 Å². The van der Waals surface area contributed by atoms with Crippen molar-refractivity contribution in [2.45, 2.75) is 25.9 Å². The van der Waals surface area contributed by atoms with Crippen molar-refractivity contribution in [3.8, 4) is 0 Å². The largest absolute Gasteiger partial charge is 0.388 e. The molecule has 0 saturated carbocycles. The third kappa shape index (κ3) is 2.88. The van der Waals surface area contributed by atoms with E-state index in [1.165, 1.54) is 12.1 Å². The normalized spacial score (nSPS) is 18.7. The zero-order valence-corrected chi connectivity index (χ0v) is 10.5. The molecule has 0 aliphatic carbocycles. The fourth-order valence-corrected chi connectivity index (χ4v) is 2.46. The Kier molecular flexibility index (Phi) is 3.97. The van der Waals surface area contributed by atoms with Crippen LogP contribution in [0.5, 0.6) is 0 Å². The monoisotopic (exact) mass is 251 g/mol. The molecule has 1 aliphatic heterocycles. The van der Waals surface area contributed by atoms with E-state index in [9.17, 15) is 14.3 Å². The Labute approximate surface area is 106 Å². The molecule has 0 spiro atoms. The van der Waals surface area contributed by atoms with Crippen LogP contribution in [0.1, 0.15) is 31.4 Å². The van der Waals surface area contributed by atoms with E-state index in [0.29, 0.717) is 13.1 Å². The van der Waals surface area contributed by atoms with E-state index in [2.05, 4.69) is 0 Å². The number of nitrogens with zero attached hydrogens (tertiary/aromatic N) is 1. The molecule has 1 aromatic rings. The van der Waals surface area contributed by atoms with Gasteiger partial charge in [0, 0.05) is 20.0 Å². The number of likely N-dealkylation sites (tertiary alicyclic amines) is 1. The van der Waals surface area contributed by atoms with Crippen molar-refractivity contribution in [3.63, 3.8) is 0 Å². The summed E-state index contributed by atoms with van der Waals surface area (Å²) in [5, 5.41) is 10.2.